The lowest BCUT2D eigenvalue weighted by Crippen LogP contribution is -2.32. The van der Waals surface area contributed by atoms with E-state index in [-0.39, 0.29) is 11.9 Å². The zero-order valence-electron chi connectivity index (χ0n) is 10.1. The van der Waals surface area contributed by atoms with Crippen LogP contribution in [-0.2, 0) is 4.74 Å². The van der Waals surface area contributed by atoms with E-state index in [1.165, 1.54) is 13.2 Å². The van der Waals surface area contributed by atoms with E-state index in [1.54, 1.807) is 6.07 Å². The normalized spacial score (nSPS) is 19.4. The second-order valence-electron chi connectivity index (χ2n) is 4.17. The number of nitrogens with zero attached hydrogens (tertiary/aromatic N) is 1. The predicted molar refractivity (Wildman–Crippen MR) is 65.0 cm³/mol. The molecule has 1 aromatic carbocycles. The maximum atomic E-state index is 13.9. The Balaban J connectivity index is 2.30. The van der Waals surface area contributed by atoms with E-state index >= 15 is 0 Å². The Labute approximate surface area is 100 Å². The Hall–Kier alpha value is -1.49. The number of methoxy groups -OCH3 is 1. The zero-order valence-corrected chi connectivity index (χ0v) is 10.1. The number of hydrogen-bond donors (Lipinski definition) is 1. The predicted octanol–water partition coefficient (Wildman–Crippen LogP) is 1.64. The molecule has 2 N–H and O–H groups in total. The second kappa shape index (κ2) is 4.79. The first kappa shape index (κ1) is 12.0. The van der Waals surface area contributed by atoms with Crippen LogP contribution in [0.4, 0.5) is 15.8 Å². The molecule has 0 aromatic heterocycles. The molecule has 0 spiro atoms. The zero-order chi connectivity index (χ0) is 12.4. The van der Waals surface area contributed by atoms with Gasteiger partial charge in [0.1, 0.15) is 11.6 Å². The monoisotopic (exact) mass is 240 g/mol. The Morgan fingerprint density at radius 2 is 2.29 bits per heavy atom. The van der Waals surface area contributed by atoms with E-state index in [0.29, 0.717) is 23.7 Å². The summed E-state index contributed by atoms with van der Waals surface area (Å²) in [6, 6.07) is 3.13. The lowest BCUT2D eigenvalue weighted by atomic mass is 10.1. The molecule has 1 heterocycles. The summed E-state index contributed by atoms with van der Waals surface area (Å²) in [5.74, 6) is 0.157. The standard InChI is InChI=1S/C12H17FN2O2/c1-15(8-3-4-17-7-8)11-6-12(16-2)10(14)5-9(11)13/h5-6,8H,3-4,7,14H2,1-2H3. The van der Waals surface area contributed by atoms with Gasteiger partial charge in [-0.2, -0.15) is 0 Å². The molecule has 0 saturated carbocycles. The van der Waals surface area contributed by atoms with Crippen LogP contribution >= 0.6 is 0 Å². The first-order valence-corrected chi connectivity index (χ1v) is 5.57. The molecular formula is C12H17FN2O2. The Kier molecular flexibility index (Phi) is 3.38. The number of nitrogen functional groups attached to an aromatic ring is 1. The van der Waals surface area contributed by atoms with Gasteiger partial charge in [0, 0.05) is 25.8 Å². The van der Waals surface area contributed by atoms with Gasteiger partial charge in [-0.05, 0) is 6.42 Å². The molecule has 4 nitrogen and oxygen atoms in total. The van der Waals surface area contributed by atoms with Crippen molar-refractivity contribution in [3.63, 3.8) is 0 Å². The van der Waals surface area contributed by atoms with Crippen molar-refractivity contribution >= 4 is 11.4 Å². The quantitative estimate of drug-likeness (QED) is 0.816. The number of nitrogens with two attached hydrogens (primary N) is 1. The van der Waals surface area contributed by atoms with Gasteiger partial charge in [0.15, 0.2) is 0 Å². The van der Waals surface area contributed by atoms with Crippen molar-refractivity contribution in [2.24, 2.45) is 0 Å². The molecule has 5 heteroatoms. The van der Waals surface area contributed by atoms with Crippen molar-refractivity contribution < 1.29 is 13.9 Å². The second-order valence-corrected chi connectivity index (χ2v) is 4.17. The molecule has 1 unspecified atom stereocenters. The third kappa shape index (κ3) is 2.29. The van der Waals surface area contributed by atoms with E-state index in [0.717, 1.165) is 13.0 Å². The largest absolute Gasteiger partial charge is 0.495 e. The van der Waals surface area contributed by atoms with Crippen LogP contribution in [0.2, 0.25) is 0 Å². The molecule has 94 valence electrons. The molecule has 0 amide bonds. The Bertz CT molecular complexity index is 406. The summed E-state index contributed by atoms with van der Waals surface area (Å²) in [6.45, 7) is 1.35. The topological polar surface area (TPSA) is 47.7 Å². The number of rotatable bonds is 3. The van der Waals surface area contributed by atoms with Gasteiger partial charge in [-0.15, -0.1) is 0 Å². The lowest BCUT2D eigenvalue weighted by Gasteiger charge is -2.26. The van der Waals surface area contributed by atoms with Crippen molar-refractivity contribution in [2.45, 2.75) is 12.5 Å². The van der Waals surface area contributed by atoms with Gasteiger partial charge in [0.2, 0.25) is 0 Å². The first-order chi connectivity index (χ1) is 8.13. The molecule has 0 bridgehead atoms. The highest BCUT2D eigenvalue weighted by atomic mass is 19.1. The third-order valence-electron chi connectivity index (χ3n) is 3.13. The third-order valence-corrected chi connectivity index (χ3v) is 3.13. The summed E-state index contributed by atoms with van der Waals surface area (Å²) in [6.07, 6.45) is 0.905. The van der Waals surface area contributed by atoms with Gasteiger partial charge in [-0.1, -0.05) is 0 Å². The summed E-state index contributed by atoms with van der Waals surface area (Å²) < 4.78 is 24.3. The SMILES string of the molecule is COc1cc(N(C)C2CCOC2)c(F)cc1N. The average Bonchev–Trinajstić information content (AvgIpc) is 2.82. The van der Waals surface area contributed by atoms with E-state index in [1.807, 2.05) is 11.9 Å². The van der Waals surface area contributed by atoms with Crippen molar-refractivity contribution in [3.8, 4) is 5.75 Å². The highest BCUT2D eigenvalue weighted by molar-refractivity contribution is 5.63. The van der Waals surface area contributed by atoms with Crippen LogP contribution in [0.25, 0.3) is 0 Å². The summed E-state index contributed by atoms with van der Waals surface area (Å²) in [5.41, 5.74) is 6.45. The fourth-order valence-electron chi connectivity index (χ4n) is 2.03. The minimum atomic E-state index is -0.335. The van der Waals surface area contributed by atoms with E-state index < -0.39 is 0 Å². The number of anilines is 2. The number of hydrogen-bond acceptors (Lipinski definition) is 4. The average molecular weight is 240 g/mol. The fraction of sp³-hybridized carbons (Fsp3) is 0.500. The maximum absolute atomic E-state index is 13.9. The van der Waals surface area contributed by atoms with Crippen molar-refractivity contribution in [1.82, 2.24) is 0 Å². The van der Waals surface area contributed by atoms with Crippen LogP contribution in [0.3, 0.4) is 0 Å². The molecule has 0 aliphatic carbocycles. The van der Waals surface area contributed by atoms with Gasteiger partial charge in [-0.3, -0.25) is 0 Å². The van der Waals surface area contributed by atoms with Crippen molar-refractivity contribution in [2.75, 3.05) is 38.0 Å². The Morgan fingerprint density at radius 1 is 1.53 bits per heavy atom. The molecule has 1 aliphatic rings. The highest BCUT2D eigenvalue weighted by Gasteiger charge is 2.23. The molecule has 17 heavy (non-hydrogen) atoms. The van der Waals surface area contributed by atoms with Crippen molar-refractivity contribution in [3.05, 3.63) is 17.9 Å². The van der Waals surface area contributed by atoms with Gasteiger partial charge >= 0.3 is 0 Å². The number of halogens is 1. The van der Waals surface area contributed by atoms with Gasteiger partial charge < -0.3 is 20.1 Å². The Morgan fingerprint density at radius 3 is 2.88 bits per heavy atom. The van der Waals surface area contributed by atoms with E-state index in [2.05, 4.69) is 0 Å². The van der Waals surface area contributed by atoms with Gasteiger partial charge in [0.05, 0.1) is 31.1 Å². The minimum Gasteiger partial charge on any atom is -0.495 e. The molecule has 1 aliphatic heterocycles. The minimum absolute atomic E-state index is 0.206. The molecule has 1 atom stereocenters. The summed E-state index contributed by atoms with van der Waals surface area (Å²) in [7, 11) is 3.37. The fourth-order valence-corrected chi connectivity index (χ4v) is 2.03. The van der Waals surface area contributed by atoms with Crippen LogP contribution < -0.4 is 15.4 Å². The molecule has 0 radical (unpaired) electrons. The summed E-state index contributed by atoms with van der Waals surface area (Å²) >= 11 is 0. The van der Waals surface area contributed by atoms with E-state index in [4.69, 9.17) is 15.2 Å². The molecular weight excluding hydrogens is 223 g/mol. The lowest BCUT2D eigenvalue weighted by molar-refractivity contribution is 0.193. The molecule has 1 aromatic rings. The summed E-state index contributed by atoms with van der Waals surface area (Å²) in [4.78, 5) is 1.88. The van der Waals surface area contributed by atoms with E-state index in [9.17, 15) is 4.39 Å². The smallest absolute Gasteiger partial charge is 0.148 e. The molecule has 1 fully saturated rings. The van der Waals surface area contributed by atoms with Gasteiger partial charge in [-0.25, -0.2) is 4.39 Å². The molecule has 2 rings (SSSR count). The van der Waals surface area contributed by atoms with Crippen LogP contribution in [0, 0.1) is 5.82 Å². The highest BCUT2D eigenvalue weighted by Crippen LogP contribution is 2.31. The number of ether oxygens (including phenoxy) is 2. The van der Waals surface area contributed by atoms with Crippen molar-refractivity contribution in [1.29, 1.82) is 0 Å². The summed E-state index contributed by atoms with van der Waals surface area (Å²) in [5, 5.41) is 0. The van der Waals surface area contributed by atoms with Crippen LogP contribution in [0.5, 0.6) is 5.75 Å². The van der Waals surface area contributed by atoms with Gasteiger partial charge in [0.25, 0.3) is 0 Å². The number of benzene rings is 1. The van der Waals surface area contributed by atoms with Crippen LogP contribution in [-0.4, -0.2) is 33.4 Å². The number of likely N-dealkylation sites (N-methyl/N-ethyl adjacent to an activating group) is 1. The maximum Gasteiger partial charge on any atom is 0.148 e. The first-order valence-electron chi connectivity index (χ1n) is 5.57. The molecule has 1 saturated heterocycles. The van der Waals surface area contributed by atoms with Crippen LogP contribution in [0.1, 0.15) is 6.42 Å². The van der Waals surface area contributed by atoms with Crippen LogP contribution in [0.15, 0.2) is 12.1 Å².